The Morgan fingerprint density at radius 1 is 1.26 bits per heavy atom. The van der Waals surface area contributed by atoms with E-state index in [4.69, 9.17) is 9.47 Å². The van der Waals surface area contributed by atoms with Crippen molar-refractivity contribution in [1.82, 2.24) is 24.1 Å². The van der Waals surface area contributed by atoms with Crippen molar-refractivity contribution in [1.29, 1.82) is 5.26 Å². The van der Waals surface area contributed by atoms with Crippen LogP contribution in [-0.2, 0) is 14.9 Å². The first-order chi connectivity index (χ1) is 21.7. The van der Waals surface area contributed by atoms with Crippen LogP contribution in [0.15, 0.2) is 41.5 Å². The van der Waals surface area contributed by atoms with Crippen LogP contribution in [-0.4, -0.2) is 77.6 Å². The molecule has 3 aromatic rings. The molecule has 246 valence electrons. The Balaban J connectivity index is 1.48. The average Bonchev–Trinajstić information content (AvgIpc) is 3.36. The minimum Gasteiger partial charge on any atom is -0.453 e. The van der Waals surface area contributed by atoms with Gasteiger partial charge in [0.15, 0.2) is 11.6 Å². The number of benzene rings is 2. The van der Waals surface area contributed by atoms with Crippen LogP contribution in [0.1, 0.15) is 58.6 Å². The lowest BCUT2D eigenvalue weighted by atomic mass is 9.85. The predicted octanol–water partition coefficient (Wildman–Crippen LogP) is 4.11. The number of anilines is 1. The number of fused-ring (bicyclic) bond motifs is 1. The first-order valence-corrected chi connectivity index (χ1v) is 16.5. The summed E-state index contributed by atoms with van der Waals surface area (Å²) in [6.45, 7) is 8.99. The summed E-state index contributed by atoms with van der Waals surface area (Å²) in [6.07, 6.45) is 3.03. The van der Waals surface area contributed by atoms with Crippen molar-refractivity contribution in [2.45, 2.75) is 64.1 Å². The molecule has 13 nitrogen and oxygen atoms in total. The van der Waals surface area contributed by atoms with E-state index in [0.717, 1.165) is 29.5 Å². The molecule has 0 radical (unpaired) electrons. The highest BCUT2D eigenvalue weighted by Gasteiger charge is 2.50. The average molecular weight is 656 g/mol. The third-order valence-electron chi connectivity index (χ3n) is 8.41. The number of halogens is 1. The van der Waals surface area contributed by atoms with E-state index in [1.165, 1.54) is 30.1 Å². The zero-order chi connectivity index (χ0) is 33.4. The molecular weight excluding hydrogens is 617 g/mol. The quantitative estimate of drug-likeness (QED) is 0.382. The normalized spacial score (nSPS) is 18.1. The van der Waals surface area contributed by atoms with E-state index >= 15 is 4.39 Å². The predicted molar refractivity (Wildman–Crippen MR) is 169 cm³/mol. The summed E-state index contributed by atoms with van der Waals surface area (Å²) in [5.41, 5.74) is -1.68. The van der Waals surface area contributed by atoms with Gasteiger partial charge in [0.2, 0.25) is 0 Å². The number of ether oxygens (including phenoxy) is 2. The van der Waals surface area contributed by atoms with Gasteiger partial charge in [-0.05, 0) is 83.5 Å². The summed E-state index contributed by atoms with van der Waals surface area (Å²) in [7, 11) is -2.65. The number of carbonyl (C=O) groups is 1. The second kappa shape index (κ2) is 12.5. The summed E-state index contributed by atoms with van der Waals surface area (Å²) in [5.74, 6) is -1.35. The van der Waals surface area contributed by atoms with Crippen molar-refractivity contribution in [2.75, 3.05) is 37.9 Å². The highest BCUT2D eigenvalue weighted by atomic mass is 32.2. The second-order valence-corrected chi connectivity index (χ2v) is 14.4. The molecule has 1 spiro atoms. The molecule has 1 amide bonds. The van der Waals surface area contributed by atoms with Gasteiger partial charge < -0.3 is 19.7 Å². The molecule has 0 unspecified atom stereocenters. The molecule has 2 aromatic carbocycles. The maximum atomic E-state index is 15.0. The number of piperidine rings is 1. The zero-order valence-electron chi connectivity index (χ0n) is 26.5. The number of nitrogens with one attached hydrogen (secondary N) is 2. The second-order valence-electron chi connectivity index (χ2n) is 12.6. The highest BCUT2D eigenvalue weighted by molar-refractivity contribution is 7.90. The number of hydrogen-bond donors (Lipinski definition) is 2. The lowest BCUT2D eigenvalue weighted by Crippen LogP contribution is -2.54. The Morgan fingerprint density at radius 3 is 2.63 bits per heavy atom. The van der Waals surface area contributed by atoms with Crippen LogP contribution in [0.5, 0.6) is 11.5 Å². The Hall–Kier alpha value is -4.26. The molecular formula is C31H38FN7O6S. The standard InChI is InChI=1S/C31H38FN7O6S/c1-6-37(5)46(42,43)36-26-10-8-24(32)27(23(26)17-33)44-21-7-9-25-22(15-21)28(40)38(19-35-25)20-16-31(11-13-34-14-12-31)39(18-20)29(41)45-30(2,3)4/h7-10,15,19-20,34,36H,6,11-14,16,18H2,1-5H3/t20-/m1/s1. The third-order valence-corrected chi connectivity index (χ3v) is 9.97. The molecule has 0 saturated carbocycles. The van der Waals surface area contributed by atoms with E-state index in [-0.39, 0.29) is 47.1 Å². The lowest BCUT2D eigenvalue weighted by Gasteiger charge is -2.41. The van der Waals surface area contributed by atoms with Crippen LogP contribution in [0.2, 0.25) is 0 Å². The molecule has 0 aliphatic carbocycles. The fourth-order valence-corrected chi connectivity index (χ4v) is 6.90. The van der Waals surface area contributed by atoms with Crippen LogP contribution in [0.4, 0.5) is 14.9 Å². The minimum absolute atomic E-state index is 0.0434. The molecule has 1 atom stereocenters. The molecule has 46 heavy (non-hydrogen) atoms. The summed E-state index contributed by atoms with van der Waals surface area (Å²) >= 11 is 0. The van der Waals surface area contributed by atoms with Crippen molar-refractivity contribution < 1.29 is 27.1 Å². The van der Waals surface area contributed by atoms with Gasteiger partial charge in [-0.1, -0.05) is 6.92 Å². The molecule has 15 heteroatoms. The van der Waals surface area contributed by atoms with Crippen LogP contribution >= 0.6 is 0 Å². The number of nitriles is 1. The highest BCUT2D eigenvalue weighted by Crippen LogP contribution is 2.42. The third kappa shape index (κ3) is 6.51. The summed E-state index contributed by atoms with van der Waals surface area (Å²) in [4.78, 5) is 33.5. The maximum Gasteiger partial charge on any atom is 0.410 e. The molecule has 0 bridgehead atoms. The minimum atomic E-state index is -4.01. The summed E-state index contributed by atoms with van der Waals surface area (Å²) in [5, 5.41) is 13.4. The van der Waals surface area contributed by atoms with Crippen molar-refractivity contribution in [2.24, 2.45) is 0 Å². The van der Waals surface area contributed by atoms with Crippen molar-refractivity contribution in [3.63, 3.8) is 0 Å². The van der Waals surface area contributed by atoms with Crippen LogP contribution in [0.25, 0.3) is 10.9 Å². The van der Waals surface area contributed by atoms with Gasteiger partial charge in [0.25, 0.3) is 5.56 Å². The number of hydrogen-bond acceptors (Lipinski definition) is 9. The molecule has 3 heterocycles. The maximum absolute atomic E-state index is 15.0. The molecule has 2 aliphatic rings. The largest absolute Gasteiger partial charge is 0.453 e. The van der Waals surface area contributed by atoms with Gasteiger partial charge in [-0.3, -0.25) is 14.1 Å². The van der Waals surface area contributed by atoms with E-state index in [2.05, 4.69) is 15.0 Å². The SMILES string of the molecule is CCN(C)S(=O)(=O)Nc1ccc(F)c(Oc2ccc3ncn([C@H]4CN(C(=O)OC(C)(C)C)C5(CCNCC5)C4)c(=O)c3c2)c1C#N. The first kappa shape index (κ1) is 33.1. The van der Waals surface area contributed by atoms with Crippen LogP contribution < -0.4 is 20.3 Å². The monoisotopic (exact) mass is 655 g/mol. The van der Waals surface area contributed by atoms with Gasteiger partial charge in [0.1, 0.15) is 23.0 Å². The molecule has 1 aromatic heterocycles. The molecule has 5 rings (SSSR count). The topological polar surface area (TPSA) is 159 Å². The lowest BCUT2D eigenvalue weighted by molar-refractivity contribution is 0.00192. The summed E-state index contributed by atoms with van der Waals surface area (Å²) in [6, 6.07) is 8.01. The van der Waals surface area contributed by atoms with Gasteiger partial charge in [0.05, 0.1) is 34.5 Å². The van der Waals surface area contributed by atoms with Crippen LogP contribution in [0, 0.1) is 17.1 Å². The van der Waals surface area contributed by atoms with Gasteiger partial charge in [-0.25, -0.2) is 14.2 Å². The van der Waals surface area contributed by atoms with Crippen molar-refractivity contribution >= 4 is 32.9 Å². The fourth-order valence-electron chi connectivity index (χ4n) is 5.95. The number of aromatic nitrogens is 2. The van der Waals surface area contributed by atoms with Gasteiger partial charge in [0, 0.05) is 20.1 Å². The molecule has 2 N–H and O–H groups in total. The van der Waals surface area contributed by atoms with Gasteiger partial charge in [-0.15, -0.1) is 0 Å². The van der Waals surface area contributed by atoms with Gasteiger partial charge >= 0.3 is 16.3 Å². The van der Waals surface area contributed by atoms with E-state index < -0.39 is 39.0 Å². The fraction of sp³-hybridized carbons (Fsp3) is 0.484. The van der Waals surface area contributed by atoms with Crippen molar-refractivity contribution in [3.8, 4) is 17.6 Å². The van der Waals surface area contributed by atoms with Crippen LogP contribution in [0.3, 0.4) is 0 Å². The number of amides is 1. The molecule has 2 aliphatic heterocycles. The van der Waals surface area contributed by atoms with E-state index in [0.29, 0.717) is 24.8 Å². The number of carbonyl (C=O) groups excluding carboxylic acids is 1. The number of nitrogens with zero attached hydrogens (tertiary/aromatic N) is 5. The Morgan fingerprint density at radius 2 is 1.98 bits per heavy atom. The van der Waals surface area contributed by atoms with E-state index in [9.17, 15) is 23.3 Å². The number of likely N-dealkylation sites (tertiary alicyclic amines) is 1. The Labute approximate surface area is 267 Å². The Kier molecular flexibility index (Phi) is 9.00. The van der Waals surface area contributed by atoms with Crippen molar-refractivity contribution in [3.05, 3.63) is 58.4 Å². The van der Waals surface area contributed by atoms with Gasteiger partial charge in [-0.2, -0.15) is 18.0 Å². The molecule has 2 saturated heterocycles. The number of rotatable bonds is 7. The summed E-state index contributed by atoms with van der Waals surface area (Å²) < 4.78 is 56.6. The zero-order valence-corrected chi connectivity index (χ0v) is 27.3. The first-order valence-electron chi connectivity index (χ1n) is 15.0. The van der Waals surface area contributed by atoms with E-state index in [1.807, 2.05) is 26.8 Å². The molecule has 2 fully saturated rings. The van der Waals surface area contributed by atoms with E-state index in [1.54, 1.807) is 17.9 Å². The smallest absolute Gasteiger partial charge is 0.410 e. The Bertz CT molecular complexity index is 1860.